The van der Waals surface area contributed by atoms with Gasteiger partial charge in [-0.25, -0.2) is 10.8 Å². The first-order valence-corrected chi connectivity index (χ1v) is 7.72. The van der Waals surface area contributed by atoms with E-state index < -0.39 is 0 Å². The van der Waals surface area contributed by atoms with Crippen LogP contribution < -0.4 is 11.3 Å². The average molecular weight is 301 g/mol. The van der Waals surface area contributed by atoms with Gasteiger partial charge in [-0.15, -0.1) is 11.8 Å². The first-order chi connectivity index (χ1) is 10.1. The summed E-state index contributed by atoms with van der Waals surface area (Å²) in [5.74, 6) is 5.43. The van der Waals surface area contributed by atoms with Crippen molar-refractivity contribution >= 4 is 17.7 Å². The van der Waals surface area contributed by atoms with Crippen molar-refractivity contribution in [2.45, 2.75) is 24.8 Å². The number of rotatable bonds is 5. The summed E-state index contributed by atoms with van der Waals surface area (Å²) >= 11 is 1.57. The van der Waals surface area contributed by atoms with E-state index in [-0.39, 0.29) is 11.8 Å². The van der Waals surface area contributed by atoms with E-state index in [0.717, 1.165) is 16.3 Å². The predicted molar refractivity (Wildman–Crippen MR) is 85.9 cm³/mol. The number of carbonyl (C=O) groups excluding carboxylic acids is 1. The Morgan fingerprint density at radius 2 is 2.00 bits per heavy atom. The molecule has 1 heterocycles. The zero-order chi connectivity index (χ0) is 15.2. The van der Waals surface area contributed by atoms with Gasteiger partial charge in [0.1, 0.15) is 0 Å². The summed E-state index contributed by atoms with van der Waals surface area (Å²) in [6, 6.07) is 13.7. The van der Waals surface area contributed by atoms with Crippen molar-refractivity contribution in [1.82, 2.24) is 10.4 Å². The van der Waals surface area contributed by atoms with E-state index in [1.54, 1.807) is 11.8 Å². The van der Waals surface area contributed by atoms with Crippen LogP contribution in [0.4, 0.5) is 0 Å². The number of thioether (sulfide) groups is 1. The molecule has 5 heteroatoms. The highest BCUT2D eigenvalue weighted by molar-refractivity contribution is 7.99. The van der Waals surface area contributed by atoms with Crippen molar-refractivity contribution in [3.63, 3.8) is 0 Å². The quantitative estimate of drug-likeness (QED) is 0.385. The van der Waals surface area contributed by atoms with Gasteiger partial charge in [0.25, 0.3) is 0 Å². The summed E-state index contributed by atoms with van der Waals surface area (Å²) in [6.45, 7) is 4.01. The van der Waals surface area contributed by atoms with Gasteiger partial charge in [0.15, 0.2) is 0 Å². The van der Waals surface area contributed by atoms with Gasteiger partial charge in [-0.05, 0) is 37.1 Å². The van der Waals surface area contributed by atoms with Crippen LogP contribution in [0.25, 0.3) is 0 Å². The van der Waals surface area contributed by atoms with Crippen LogP contribution in [0.2, 0.25) is 0 Å². The second-order valence-corrected chi connectivity index (χ2v) is 5.95. The Labute approximate surface area is 129 Å². The van der Waals surface area contributed by atoms with E-state index >= 15 is 0 Å². The van der Waals surface area contributed by atoms with Gasteiger partial charge >= 0.3 is 0 Å². The highest BCUT2D eigenvalue weighted by Crippen LogP contribution is 2.26. The normalized spacial score (nSPS) is 12.0. The fourth-order valence-corrected chi connectivity index (χ4v) is 3.32. The third-order valence-electron chi connectivity index (χ3n) is 3.13. The Kier molecular flexibility index (Phi) is 5.36. The van der Waals surface area contributed by atoms with Gasteiger partial charge in [-0.1, -0.05) is 30.3 Å². The minimum absolute atomic E-state index is 0.182. The number of hydrazine groups is 1. The summed E-state index contributed by atoms with van der Waals surface area (Å²) in [6.07, 6.45) is 0. The summed E-state index contributed by atoms with van der Waals surface area (Å²) in [7, 11) is 0. The molecule has 4 nitrogen and oxygen atoms in total. The average Bonchev–Trinajstić information content (AvgIpc) is 2.47. The number of aromatic nitrogens is 1. The molecule has 0 bridgehead atoms. The number of amides is 1. The van der Waals surface area contributed by atoms with E-state index in [9.17, 15) is 4.79 Å². The van der Waals surface area contributed by atoms with Gasteiger partial charge in [-0.3, -0.25) is 10.2 Å². The van der Waals surface area contributed by atoms with Crippen molar-refractivity contribution in [1.29, 1.82) is 0 Å². The van der Waals surface area contributed by atoms with Crippen molar-refractivity contribution < 1.29 is 4.79 Å². The maximum Gasteiger partial charge on any atom is 0.242 e. The van der Waals surface area contributed by atoms with Crippen LogP contribution in [-0.2, 0) is 4.79 Å². The van der Waals surface area contributed by atoms with Crippen molar-refractivity contribution in [2.24, 2.45) is 5.84 Å². The molecular formula is C16H19N3OS. The third-order valence-corrected chi connectivity index (χ3v) is 4.14. The van der Waals surface area contributed by atoms with E-state index in [0.29, 0.717) is 5.75 Å². The Balaban J connectivity index is 2.14. The number of nitrogens with one attached hydrogen (secondary N) is 1. The van der Waals surface area contributed by atoms with Gasteiger partial charge in [0, 0.05) is 11.4 Å². The first-order valence-electron chi connectivity index (χ1n) is 6.73. The molecule has 0 aliphatic heterocycles. The topological polar surface area (TPSA) is 68.0 Å². The molecule has 0 saturated carbocycles. The molecule has 0 saturated heterocycles. The molecular weight excluding hydrogens is 282 g/mol. The summed E-state index contributed by atoms with van der Waals surface area (Å²) in [5, 5.41) is 0.929. The lowest BCUT2D eigenvalue weighted by molar-refractivity contribution is -0.122. The van der Waals surface area contributed by atoms with E-state index in [2.05, 4.69) is 10.4 Å². The number of pyridine rings is 1. The van der Waals surface area contributed by atoms with Crippen molar-refractivity contribution in [3.05, 3.63) is 59.3 Å². The number of nitrogens with two attached hydrogens (primary N) is 1. The lowest BCUT2D eigenvalue weighted by atomic mass is 10.0. The number of carbonyl (C=O) groups is 1. The lowest BCUT2D eigenvalue weighted by Crippen LogP contribution is -2.35. The fourth-order valence-electron chi connectivity index (χ4n) is 2.16. The summed E-state index contributed by atoms with van der Waals surface area (Å²) in [5.41, 5.74) is 5.36. The molecule has 21 heavy (non-hydrogen) atoms. The molecule has 3 N–H and O–H groups in total. The minimum atomic E-state index is -0.288. The number of hydrogen-bond donors (Lipinski definition) is 2. The van der Waals surface area contributed by atoms with Crippen LogP contribution in [0.5, 0.6) is 0 Å². The van der Waals surface area contributed by atoms with Crippen LogP contribution in [0.1, 0.15) is 22.7 Å². The highest BCUT2D eigenvalue weighted by atomic mass is 32.2. The lowest BCUT2D eigenvalue weighted by Gasteiger charge is -2.15. The summed E-state index contributed by atoms with van der Waals surface area (Å²) < 4.78 is 0. The largest absolute Gasteiger partial charge is 0.294 e. The number of benzene rings is 1. The monoisotopic (exact) mass is 301 g/mol. The fraction of sp³-hybridized carbons (Fsp3) is 0.250. The van der Waals surface area contributed by atoms with E-state index in [1.165, 1.54) is 5.56 Å². The maximum atomic E-state index is 12.0. The summed E-state index contributed by atoms with van der Waals surface area (Å²) in [4.78, 5) is 16.5. The first kappa shape index (κ1) is 15.5. The van der Waals surface area contributed by atoms with Crippen molar-refractivity contribution in [2.75, 3.05) is 5.75 Å². The van der Waals surface area contributed by atoms with E-state index in [1.807, 2.05) is 56.3 Å². The van der Waals surface area contributed by atoms with E-state index in [4.69, 9.17) is 5.84 Å². The number of hydrogen-bond acceptors (Lipinski definition) is 4. The van der Waals surface area contributed by atoms with Crippen molar-refractivity contribution in [3.8, 4) is 0 Å². The molecule has 0 spiro atoms. The van der Waals surface area contributed by atoms with Gasteiger partial charge in [0.05, 0.1) is 10.9 Å². The molecule has 1 amide bonds. The SMILES string of the molecule is Cc1cc(C)nc(SCC(C(=O)NN)c2ccccc2)c1. The Morgan fingerprint density at radius 1 is 1.29 bits per heavy atom. The maximum absolute atomic E-state index is 12.0. The molecule has 0 aliphatic rings. The second-order valence-electron chi connectivity index (χ2n) is 4.91. The third kappa shape index (κ3) is 4.31. The van der Waals surface area contributed by atoms with Crippen LogP contribution in [0.3, 0.4) is 0 Å². The molecule has 110 valence electrons. The minimum Gasteiger partial charge on any atom is -0.294 e. The molecule has 1 aromatic heterocycles. The van der Waals surface area contributed by atoms with Crippen LogP contribution in [0.15, 0.2) is 47.5 Å². The second kappa shape index (κ2) is 7.24. The van der Waals surface area contributed by atoms with Gasteiger partial charge in [-0.2, -0.15) is 0 Å². The molecule has 1 unspecified atom stereocenters. The molecule has 1 atom stereocenters. The molecule has 0 radical (unpaired) electrons. The Bertz CT molecular complexity index is 596. The van der Waals surface area contributed by atoms with Gasteiger partial charge in [0.2, 0.25) is 5.91 Å². The van der Waals surface area contributed by atoms with Crippen LogP contribution in [0, 0.1) is 13.8 Å². The standard InChI is InChI=1S/C16H19N3OS/c1-11-8-12(2)18-15(9-11)21-10-14(16(20)19-17)13-6-4-3-5-7-13/h3-9,14H,10,17H2,1-2H3,(H,19,20). The van der Waals surface area contributed by atoms with Gasteiger partial charge < -0.3 is 0 Å². The Hall–Kier alpha value is -1.85. The number of aryl methyl sites for hydroxylation is 2. The molecule has 2 rings (SSSR count). The van der Waals surface area contributed by atoms with Crippen LogP contribution in [-0.4, -0.2) is 16.6 Å². The zero-order valence-corrected chi connectivity index (χ0v) is 13.0. The molecule has 0 aliphatic carbocycles. The highest BCUT2D eigenvalue weighted by Gasteiger charge is 2.20. The molecule has 2 aromatic rings. The Morgan fingerprint density at radius 3 is 2.62 bits per heavy atom. The molecule has 1 aromatic carbocycles. The van der Waals surface area contributed by atoms with Crippen LogP contribution >= 0.6 is 11.8 Å². The predicted octanol–water partition coefficient (Wildman–Crippen LogP) is 2.56. The number of nitrogens with zero attached hydrogens (tertiary/aromatic N) is 1. The smallest absolute Gasteiger partial charge is 0.242 e. The zero-order valence-electron chi connectivity index (χ0n) is 12.2. The molecule has 0 fully saturated rings.